The van der Waals surface area contributed by atoms with E-state index >= 15 is 0 Å². The van der Waals surface area contributed by atoms with Crippen molar-refractivity contribution >= 4 is 23.1 Å². The first-order chi connectivity index (χ1) is 10.9. The Labute approximate surface area is 135 Å². The van der Waals surface area contributed by atoms with Crippen molar-refractivity contribution in [1.29, 1.82) is 0 Å². The molecule has 1 N–H and O–H groups in total. The fourth-order valence-corrected chi connectivity index (χ4v) is 4.54. The van der Waals surface area contributed by atoms with Crippen LogP contribution < -0.4 is 10.2 Å². The van der Waals surface area contributed by atoms with Crippen molar-refractivity contribution in [1.82, 2.24) is 19.9 Å². The topological polar surface area (TPSA) is 45.5 Å². The fourth-order valence-electron chi connectivity index (χ4n) is 3.33. The number of piperazine rings is 1. The van der Waals surface area contributed by atoms with E-state index in [2.05, 4.69) is 45.4 Å². The molecular formula is C16H23N5S. The lowest BCUT2D eigenvalue weighted by Crippen LogP contribution is -2.43. The zero-order chi connectivity index (χ0) is 14.8. The highest BCUT2D eigenvalue weighted by Crippen LogP contribution is 2.25. The first-order valence-electron chi connectivity index (χ1n) is 8.27. The molecule has 0 atom stereocenters. The van der Waals surface area contributed by atoms with Crippen molar-refractivity contribution in [3.05, 3.63) is 24.2 Å². The largest absolute Gasteiger partial charge is 0.369 e. The number of aromatic nitrogens is 3. The van der Waals surface area contributed by atoms with Gasteiger partial charge in [0, 0.05) is 50.6 Å². The number of anilines is 1. The van der Waals surface area contributed by atoms with Gasteiger partial charge in [0.1, 0.15) is 0 Å². The van der Waals surface area contributed by atoms with Gasteiger partial charge in [-0.25, -0.2) is 9.50 Å². The molecule has 0 bridgehead atoms. The van der Waals surface area contributed by atoms with Crippen LogP contribution in [0.3, 0.4) is 0 Å². The number of fused-ring (bicyclic) bond motifs is 1. The molecule has 4 heterocycles. The molecule has 2 fully saturated rings. The lowest BCUT2D eigenvalue weighted by atomic mass is 9.99. The quantitative estimate of drug-likeness (QED) is 0.936. The molecule has 2 saturated heterocycles. The number of thioether (sulfide) groups is 1. The van der Waals surface area contributed by atoms with E-state index in [1.54, 1.807) is 0 Å². The summed E-state index contributed by atoms with van der Waals surface area (Å²) in [5.74, 6) is 4.37. The van der Waals surface area contributed by atoms with Crippen LogP contribution in [0.1, 0.15) is 18.7 Å². The Morgan fingerprint density at radius 2 is 2.05 bits per heavy atom. The molecule has 5 nitrogen and oxygen atoms in total. The van der Waals surface area contributed by atoms with Crippen molar-refractivity contribution in [2.24, 2.45) is 5.92 Å². The molecule has 22 heavy (non-hydrogen) atoms. The maximum Gasteiger partial charge on any atom is 0.157 e. The van der Waals surface area contributed by atoms with Crippen molar-refractivity contribution in [3.63, 3.8) is 0 Å². The summed E-state index contributed by atoms with van der Waals surface area (Å²) < 4.78 is 1.93. The fraction of sp³-hybridized carbons (Fsp3) is 0.625. The summed E-state index contributed by atoms with van der Waals surface area (Å²) in [5, 5.41) is 8.06. The summed E-state index contributed by atoms with van der Waals surface area (Å²) in [5.41, 5.74) is 2.25. The first-order valence-corrected chi connectivity index (χ1v) is 9.43. The van der Waals surface area contributed by atoms with Gasteiger partial charge in [-0.05, 0) is 36.3 Å². The zero-order valence-electron chi connectivity index (χ0n) is 12.9. The lowest BCUT2D eigenvalue weighted by Gasteiger charge is -2.29. The van der Waals surface area contributed by atoms with Crippen LogP contribution in [0.15, 0.2) is 18.3 Å². The molecule has 0 amide bonds. The normalized spacial score (nSPS) is 20.6. The van der Waals surface area contributed by atoms with Gasteiger partial charge < -0.3 is 10.2 Å². The van der Waals surface area contributed by atoms with Crippen LogP contribution in [0.2, 0.25) is 0 Å². The minimum atomic E-state index is 0.770. The predicted octanol–water partition coefficient (Wildman–Crippen LogP) is 1.82. The Balaban J connectivity index is 1.52. The molecule has 118 valence electrons. The van der Waals surface area contributed by atoms with Crippen molar-refractivity contribution in [2.45, 2.75) is 19.3 Å². The second-order valence-electron chi connectivity index (χ2n) is 6.21. The van der Waals surface area contributed by atoms with Gasteiger partial charge in [0.2, 0.25) is 0 Å². The number of nitrogens with one attached hydrogen (secondary N) is 1. The van der Waals surface area contributed by atoms with E-state index < -0.39 is 0 Å². The average molecular weight is 317 g/mol. The zero-order valence-corrected chi connectivity index (χ0v) is 13.7. The minimum Gasteiger partial charge on any atom is -0.369 e. The molecule has 0 radical (unpaired) electrons. The van der Waals surface area contributed by atoms with Gasteiger partial charge in [-0.1, -0.05) is 0 Å². The van der Waals surface area contributed by atoms with Gasteiger partial charge in [0.05, 0.1) is 0 Å². The predicted molar refractivity (Wildman–Crippen MR) is 91.8 cm³/mol. The standard InChI is InChI=1S/C16H23N5S/c1-6-21-16(12-14(1)20-7-4-17-5-8-20)18-15(19-21)11-13-2-9-22-10-3-13/h1,6,12-13,17H,2-5,7-11H2. The third-order valence-electron chi connectivity index (χ3n) is 4.66. The smallest absolute Gasteiger partial charge is 0.157 e. The van der Waals surface area contributed by atoms with Crippen molar-refractivity contribution in [2.75, 3.05) is 42.6 Å². The van der Waals surface area contributed by atoms with Crippen molar-refractivity contribution < 1.29 is 0 Å². The molecule has 0 spiro atoms. The van der Waals surface area contributed by atoms with Gasteiger partial charge in [-0.15, -0.1) is 0 Å². The molecule has 2 aromatic rings. The summed E-state index contributed by atoms with van der Waals surface area (Å²) in [6.07, 6.45) is 5.71. The highest BCUT2D eigenvalue weighted by molar-refractivity contribution is 7.99. The number of nitrogens with zero attached hydrogens (tertiary/aromatic N) is 4. The molecule has 2 aliphatic heterocycles. The van der Waals surface area contributed by atoms with E-state index in [0.29, 0.717) is 0 Å². The van der Waals surface area contributed by atoms with Crippen LogP contribution in [0, 0.1) is 5.92 Å². The van der Waals surface area contributed by atoms with Crippen LogP contribution in [0.25, 0.3) is 5.65 Å². The molecule has 0 aliphatic carbocycles. The van der Waals surface area contributed by atoms with Crippen LogP contribution in [-0.4, -0.2) is 52.3 Å². The molecule has 0 unspecified atom stereocenters. The van der Waals surface area contributed by atoms with E-state index in [1.165, 1.54) is 30.0 Å². The maximum absolute atomic E-state index is 4.77. The van der Waals surface area contributed by atoms with E-state index in [0.717, 1.165) is 50.0 Å². The molecule has 0 aromatic carbocycles. The number of hydrogen-bond donors (Lipinski definition) is 1. The van der Waals surface area contributed by atoms with Crippen LogP contribution >= 0.6 is 11.8 Å². The SMILES string of the molecule is c1cn2nc(CC3CCSCC3)nc2cc1N1CCNCC1. The summed E-state index contributed by atoms with van der Waals surface area (Å²) in [6, 6.07) is 4.34. The van der Waals surface area contributed by atoms with Gasteiger partial charge in [-0.2, -0.15) is 16.9 Å². The van der Waals surface area contributed by atoms with Gasteiger partial charge in [0.15, 0.2) is 11.5 Å². The Morgan fingerprint density at radius 3 is 2.86 bits per heavy atom. The summed E-state index contributed by atoms with van der Waals surface area (Å²) in [7, 11) is 0. The molecular weight excluding hydrogens is 294 g/mol. The third kappa shape index (κ3) is 3.08. The first kappa shape index (κ1) is 14.3. The Bertz CT molecular complexity index is 628. The molecule has 2 aliphatic rings. The molecule has 2 aromatic heterocycles. The summed E-state index contributed by atoms with van der Waals surface area (Å²) in [4.78, 5) is 7.18. The highest BCUT2D eigenvalue weighted by atomic mass is 32.2. The van der Waals surface area contributed by atoms with Gasteiger partial charge in [0.25, 0.3) is 0 Å². The summed E-state index contributed by atoms with van der Waals surface area (Å²) >= 11 is 2.08. The van der Waals surface area contributed by atoms with E-state index in [-0.39, 0.29) is 0 Å². The summed E-state index contributed by atoms with van der Waals surface area (Å²) in [6.45, 7) is 4.25. The Kier molecular flexibility index (Phi) is 4.21. The highest BCUT2D eigenvalue weighted by Gasteiger charge is 2.17. The lowest BCUT2D eigenvalue weighted by molar-refractivity contribution is 0.476. The number of rotatable bonds is 3. The van der Waals surface area contributed by atoms with Crippen LogP contribution in [0.5, 0.6) is 0 Å². The van der Waals surface area contributed by atoms with E-state index in [9.17, 15) is 0 Å². The Hall–Kier alpha value is -1.27. The van der Waals surface area contributed by atoms with E-state index in [1.807, 2.05) is 4.52 Å². The third-order valence-corrected chi connectivity index (χ3v) is 5.71. The van der Waals surface area contributed by atoms with Crippen LogP contribution in [-0.2, 0) is 6.42 Å². The molecule has 0 saturated carbocycles. The average Bonchev–Trinajstić information content (AvgIpc) is 2.98. The van der Waals surface area contributed by atoms with Crippen molar-refractivity contribution in [3.8, 4) is 0 Å². The monoisotopic (exact) mass is 317 g/mol. The maximum atomic E-state index is 4.77. The van der Waals surface area contributed by atoms with Crippen LogP contribution in [0.4, 0.5) is 5.69 Å². The Morgan fingerprint density at radius 1 is 1.23 bits per heavy atom. The van der Waals surface area contributed by atoms with Gasteiger partial charge in [-0.3, -0.25) is 0 Å². The number of hydrogen-bond acceptors (Lipinski definition) is 5. The van der Waals surface area contributed by atoms with Gasteiger partial charge >= 0.3 is 0 Å². The second-order valence-corrected chi connectivity index (χ2v) is 7.44. The second kappa shape index (κ2) is 6.46. The minimum absolute atomic E-state index is 0.770. The number of pyridine rings is 1. The van der Waals surface area contributed by atoms with E-state index in [4.69, 9.17) is 4.98 Å². The molecule has 4 rings (SSSR count). The molecule has 6 heteroatoms.